The Kier molecular flexibility index (Phi) is 4.37. The van der Waals surface area contributed by atoms with Gasteiger partial charge >= 0.3 is 5.97 Å². The standard InChI is InChI=1S/C18H17Cl2NO2/c1-23-16(22)12-13-21-17(18(21,19)20,14-8-4-2-5-9-14)15-10-6-3-7-11-15/h2-11H,12-13H2,1H3. The molecule has 0 aliphatic carbocycles. The second kappa shape index (κ2) is 6.16. The van der Waals surface area contributed by atoms with Crippen molar-refractivity contribution in [2.75, 3.05) is 13.7 Å². The molecule has 1 unspecified atom stereocenters. The van der Waals surface area contributed by atoms with Crippen molar-refractivity contribution in [2.45, 2.75) is 16.4 Å². The van der Waals surface area contributed by atoms with Crippen LogP contribution in [0.4, 0.5) is 0 Å². The summed E-state index contributed by atoms with van der Waals surface area (Å²) in [5.74, 6) is -0.281. The molecule has 0 N–H and O–H groups in total. The van der Waals surface area contributed by atoms with Crippen LogP contribution in [0.15, 0.2) is 60.7 Å². The number of hydrogen-bond acceptors (Lipinski definition) is 3. The van der Waals surface area contributed by atoms with Gasteiger partial charge in [0.25, 0.3) is 0 Å². The van der Waals surface area contributed by atoms with Crippen molar-refractivity contribution in [1.29, 1.82) is 0 Å². The van der Waals surface area contributed by atoms with E-state index in [9.17, 15) is 4.79 Å². The molecule has 2 aromatic carbocycles. The molecule has 0 radical (unpaired) electrons. The highest BCUT2D eigenvalue weighted by Gasteiger charge is 2.75. The van der Waals surface area contributed by atoms with Gasteiger partial charge in [-0.1, -0.05) is 83.9 Å². The SMILES string of the molecule is COC(=O)CCN1C(Cl)(Cl)C1(c1ccccc1)c1ccccc1. The van der Waals surface area contributed by atoms with Gasteiger partial charge in [0.15, 0.2) is 4.46 Å². The maximum absolute atomic E-state index is 11.5. The molecule has 0 amide bonds. The Hall–Kier alpha value is -1.55. The monoisotopic (exact) mass is 349 g/mol. The molecule has 23 heavy (non-hydrogen) atoms. The minimum absolute atomic E-state index is 0.235. The van der Waals surface area contributed by atoms with E-state index in [-0.39, 0.29) is 12.4 Å². The van der Waals surface area contributed by atoms with E-state index in [1.165, 1.54) is 7.11 Å². The van der Waals surface area contributed by atoms with Crippen LogP contribution in [0.2, 0.25) is 0 Å². The van der Waals surface area contributed by atoms with Gasteiger partial charge in [0.05, 0.1) is 13.5 Å². The number of alkyl halides is 2. The van der Waals surface area contributed by atoms with Gasteiger partial charge in [-0.05, 0) is 11.1 Å². The third kappa shape index (κ3) is 2.53. The minimum Gasteiger partial charge on any atom is -0.469 e. The van der Waals surface area contributed by atoms with Crippen LogP contribution >= 0.6 is 23.2 Å². The fourth-order valence-electron chi connectivity index (χ4n) is 3.15. The zero-order valence-corrected chi connectivity index (χ0v) is 14.2. The van der Waals surface area contributed by atoms with Gasteiger partial charge in [0, 0.05) is 6.54 Å². The van der Waals surface area contributed by atoms with Crippen LogP contribution in [0.1, 0.15) is 17.5 Å². The topological polar surface area (TPSA) is 29.3 Å². The Balaban J connectivity index is 2.02. The summed E-state index contributed by atoms with van der Waals surface area (Å²) in [5.41, 5.74) is 1.34. The molecule has 1 aliphatic rings. The van der Waals surface area contributed by atoms with E-state index in [0.717, 1.165) is 11.1 Å². The summed E-state index contributed by atoms with van der Waals surface area (Å²) in [7, 11) is 1.38. The van der Waals surface area contributed by atoms with Gasteiger partial charge < -0.3 is 4.74 Å². The van der Waals surface area contributed by atoms with Crippen molar-refractivity contribution in [1.82, 2.24) is 4.90 Å². The fourth-order valence-corrected chi connectivity index (χ4v) is 4.13. The number of nitrogens with zero attached hydrogens (tertiary/aromatic N) is 1. The Morgan fingerprint density at radius 1 is 1.00 bits per heavy atom. The molecule has 120 valence electrons. The van der Waals surface area contributed by atoms with E-state index in [4.69, 9.17) is 27.9 Å². The van der Waals surface area contributed by atoms with Crippen LogP contribution in [-0.4, -0.2) is 29.0 Å². The van der Waals surface area contributed by atoms with Crippen molar-refractivity contribution in [2.24, 2.45) is 0 Å². The van der Waals surface area contributed by atoms with Gasteiger partial charge in [-0.15, -0.1) is 0 Å². The number of esters is 1. The Morgan fingerprint density at radius 2 is 1.48 bits per heavy atom. The first kappa shape index (κ1) is 16.3. The molecule has 1 aliphatic heterocycles. The summed E-state index contributed by atoms with van der Waals surface area (Å²) in [6.07, 6.45) is 0.235. The summed E-state index contributed by atoms with van der Waals surface area (Å²) in [5, 5.41) is 0. The maximum Gasteiger partial charge on any atom is 0.306 e. The molecule has 1 saturated heterocycles. The predicted molar refractivity (Wildman–Crippen MR) is 91.4 cm³/mol. The molecule has 3 rings (SSSR count). The molecule has 1 heterocycles. The third-order valence-corrected chi connectivity index (χ3v) is 5.23. The van der Waals surface area contributed by atoms with E-state index >= 15 is 0 Å². The lowest BCUT2D eigenvalue weighted by atomic mass is 9.90. The molecule has 1 fully saturated rings. The molecule has 0 aromatic heterocycles. The number of carbonyl (C=O) groups excluding carboxylic acids is 1. The number of carbonyl (C=O) groups is 1. The highest BCUT2D eigenvalue weighted by atomic mass is 35.5. The molecule has 2 aromatic rings. The zero-order valence-electron chi connectivity index (χ0n) is 12.7. The number of rotatable bonds is 5. The van der Waals surface area contributed by atoms with Crippen LogP contribution < -0.4 is 0 Å². The van der Waals surface area contributed by atoms with Gasteiger partial charge in [-0.2, -0.15) is 0 Å². The lowest BCUT2D eigenvalue weighted by molar-refractivity contribution is -0.140. The lowest BCUT2D eigenvalue weighted by Gasteiger charge is -2.18. The fraction of sp³-hybridized carbons (Fsp3) is 0.278. The first-order valence-electron chi connectivity index (χ1n) is 7.38. The first-order valence-corrected chi connectivity index (χ1v) is 8.14. The van der Waals surface area contributed by atoms with Crippen molar-refractivity contribution in [3.05, 3.63) is 71.8 Å². The van der Waals surface area contributed by atoms with E-state index < -0.39 is 10.00 Å². The Labute approximate surface area is 145 Å². The summed E-state index contributed by atoms with van der Waals surface area (Å²) in [6, 6.07) is 19.8. The molecular weight excluding hydrogens is 333 g/mol. The number of hydrogen-bond donors (Lipinski definition) is 0. The number of ether oxygens (including phenoxy) is 1. The molecule has 1 atom stereocenters. The largest absolute Gasteiger partial charge is 0.469 e. The second-order valence-corrected chi connectivity index (χ2v) is 6.75. The molecule has 0 bridgehead atoms. The van der Waals surface area contributed by atoms with Gasteiger partial charge in [0.1, 0.15) is 5.54 Å². The van der Waals surface area contributed by atoms with E-state index in [0.29, 0.717) is 6.54 Å². The average molecular weight is 350 g/mol. The molecule has 0 spiro atoms. The highest BCUT2D eigenvalue weighted by Crippen LogP contribution is 2.67. The summed E-state index contributed by atoms with van der Waals surface area (Å²) >= 11 is 13.3. The zero-order chi connectivity index (χ0) is 16.5. The van der Waals surface area contributed by atoms with Crippen LogP contribution in [0.25, 0.3) is 0 Å². The van der Waals surface area contributed by atoms with E-state index in [2.05, 4.69) is 0 Å². The van der Waals surface area contributed by atoms with Gasteiger partial charge in [-0.3, -0.25) is 9.69 Å². The summed E-state index contributed by atoms with van der Waals surface area (Å²) in [4.78, 5) is 13.4. The number of methoxy groups -OCH3 is 1. The van der Waals surface area contributed by atoms with Crippen molar-refractivity contribution >= 4 is 29.2 Å². The van der Waals surface area contributed by atoms with Crippen molar-refractivity contribution in [3.8, 4) is 0 Å². The van der Waals surface area contributed by atoms with Crippen LogP contribution in [0.3, 0.4) is 0 Å². The van der Waals surface area contributed by atoms with E-state index in [1.54, 1.807) is 0 Å². The van der Waals surface area contributed by atoms with Gasteiger partial charge in [0.2, 0.25) is 0 Å². The normalized spacial score (nSPS) is 20.7. The third-order valence-electron chi connectivity index (χ3n) is 4.28. The Morgan fingerprint density at radius 3 is 1.91 bits per heavy atom. The van der Waals surface area contributed by atoms with E-state index in [1.807, 2.05) is 65.6 Å². The van der Waals surface area contributed by atoms with Crippen LogP contribution in [0, 0.1) is 0 Å². The molecule has 5 heteroatoms. The maximum atomic E-state index is 11.5. The highest BCUT2D eigenvalue weighted by molar-refractivity contribution is 6.51. The van der Waals surface area contributed by atoms with Crippen molar-refractivity contribution < 1.29 is 9.53 Å². The number of benzene rings is 2. The number of halogens is 2. The summed E-state index contributed by atoms with van der Waals surface area (Å²) in [6.45, 7) is 0.420. The molecule has 0 saturated carbocycles. The Bertz CT molecular complexity index is 649. The van der Waals surface area contributed by atoms with Crippen molar-refractivity contribution in [3.63, 3.8) is 0 Å². The molecule has 3 nitrogen and oxygen atoms in total. The van der Waals surface area contributed by atoms with Crippen LogP contribution in [0.5, 0.6) is 0 Å². The van der Waals surface area contributed by atoms with Crippen LogP contribution in [-0.2, 0) is 15.1 Å². The smallest absolute Gasteiger partial charge is 0.306 e. The van der Waals surface area contributed by atoms with Gasteiger partial charge in [-0.25, -0.2) is 0 Å². The minimum atomic E-state index is -1.11. The second-order valence-electron chi connectivity index (χ2n) is 5.46. The summed E-state index contributed by atoms with van der Waals surface area (Å²) < 4.78 is 3.62. The first-order chi connectivity index (χ1) is 11.0. The molecular formula is C18H17Cl2NO2. The lowest BCUT2D eigenvalue weighted by Crippen LogP contribution is -2.21. The predicted octanol–water partition coefficient (Wildman–Crippen LogP) is 3.94. The quantitative estimate of drug-likeness (QED) is 0.354. The average Bonchev–Trinajstić information content (AvgIpc) is 3.10.